The molecule has 0 saturated heterocycles. The fourth-order valence-electron chi connectivity index (χ4n) is 4.29. The Bertz CT molecular complexity index is 451. The van der Waals surface area contributed by atoms with E-state index in [4.69, 9.17) is 0 Å². The summed E-state index contributed by atoms with van der Waals surface area (Å²) in [5, 5.41) is 10.1. The van der Waals surface area contributed by atoms with Crippen molar-refractivity contribution in [2.45, 2.75) is 70.4 Å². The molecule has 2 aliphatic carbocycles. The predicted octanol–water partition coefficient (Wildman–Crippen LogP) is 4.42. The van der Waals surface area contributed by atoms with Gasteiger partial charge in [0, 0.05) is 12.1 Å². The largest absolute Gasteiger partial charge is 0.508 e. The van der Waals surface area contributed by atoms with Crippen LogP contribution >= 0.6 is 0 Å². The van der Waals surface area contributed by atoms with Crippen LogP contribution in [0.5, 0.6) is 5.75 Å². The van der Waals surface area contributed by atoms with E-state index in [1.165, 1.54) is 56.1 Å². The second-order valence-corrected chi connectivity index (χ2v) is 6.38. The predicted molar refractivity (Wildman–Crippen MR) is 83.0 cm³/mol. The van der Waals surface area contributed by atoms with Crippen LogP contribution in [0, 0.1) is 0 Å². The normalized spacial score (nSPS) is 23.8. The number of phenols is 1. The fraction of sp³-hybridized carbons (Fsp3) is 0.667. The molecule has 0 heterocycles. The molecule has 0 aromatic heterocycles. The Morgan fingerprint density at radius 3 is 2.65 bits per heavy atom. The van der Waals surface area contributed by atoms with Crippen molar-refractivity contribution in [3.63, 3.8) is 0 Å². The molecular formula is C18H27NO. The number of fused-ring (bicyclic) bond motifs is 1. The number of rotatable bonds is 3. The summed E-state index contributed by atoms with van der Waals surface area (Å²) in [5.74, 6) is 0.506. The lowest BCUT2D eigenvalue weighted by Crippen LogP contribution is -2.40. The first kappa shape index (κ1) is 13.9. The van der Waals surface area contributed by atoms with Crippen LogP contribution in [-0.4, -0.2) is 22.6 Å². The van der Waals surface area contributed by atoms with Crippen molar-refractivity contribution < 1.29 is 5.11 Å². The maximum Gasteiger partial charge on any atom is 0.119 e. The third kappa shape index (κ3) is 2.58. The van der Waals surface area contributed by atoms with Gasteiger partial charge in [0.15, 0.2) is 0 Å². The van der Waals surface area contributed by atoms with Crippen LogP contribution in [0.2, 0.25) is 0 Å². The summed E-state index contributed by atoms with van der Waals surface area (Å²) >= 11 is 0. The molecule has 1 atom stereocenters. The summed E-state index contributed by atoms with van der Waals surface area (Å²) in [6, 6.07) is 7.38. The first-order valence-electron chi connectivity index (χ1n) is 8.37. The minimum absolute atomic E-state index is 0.506. The zero-order valence-corrected chi connectivity index (χ0v) is 12.6. The molecule has 1 fully saturated rings. The van der Waals surface area contributed by atoms with E-state index in [0.29, 0.717) is 11.8 Å². The summed E-state index contributed by atoms with van der Waals surface area (Å²) in [6.45, 7) is 3.43. The molecule has 0 amide bonds. The quantitative estimate of drug-likeness (QED) is 0.881. The van der Waals surface area contributed by atoms with Crippen molar-refractivity contribution in [3.8, 4) is 5.75 Å². The van der Waals surface area contributed by atoms with E-state index in [2.05, 4.69) is 17.9 Å². The molecule has 110 valence electrons. The molecular weight excluding hydrogens is 246 g/mol. The van der Waals surface area contributed by atoms with Gasteiger partial charge in [-0.15, -0.1) is 0 Å². The van der Waals surface area contributed by atoms with E-state index in [9.17, 15) is 5.11 Å². The van der Waals surface area contributed by atoms with Gasteiger partial charge in [0.05, 0.1) is 0 Å². The van der Waals surface area contributed by atoms with Crippen molar-refractivity contribution >= 4 is 0 Å². The number of hydrogen-bond acceptors (Lipinski definition) is 2. The number of phenolic OH excluding ortho intramolecular Hbond substituents is 1. The van der Waals surface area contributed by atoms with Gasteiger partial charge in [-0.1, -0.05) is 38.3 Å². The highest BCUT2D eigenvalue weighted by Crippen LogP contribution is 2.40. The highest BCUT2D eigenvalue weighted by molar-refractivity contribution is 5.42. The van der Waals surface area contributed by atoms with E-state index in [-0.39, 0.29) is 0 Å². The standard InChI is InChI=1S/C18H27NO/c1-2-19(14-8-4-3-5-9-14)17-12-6-11-16-15(17)10-7-13-18(16)20/h7,10,13-14,17,20H,2-6,8-9,11-12H2,1H3. The molecule has 3 rings (SSSR count). The molecule has 2 heteroatoms. The molecule has 0 bridgehead atoms. The zero-order valence-electron chi connectivity index (χ0n) is 12.6. The first-order valence-corrected chi connectivity index (χ1v) is 8.37. The molecule has 1 aromatic carbocycles. The average Bonchev–Trinajstić information content (AvgIpc) is 2.50. The van der Waals surface area contributed by atoms with Crippen molar-refractivity contribution in [1.29, 1.82) is 0 Å². The molecule has 0 radical (unpaired) electrons. The third-order valence-corrected chi connectivity index (χ3v) is 5.26. The van der Waals surface area contributed by atoms with Gasteiger partial charge in [-0.3, -0.25) is 4.90 Å². The molecule has 1 unspecified atom stereocenters. The van der Waals surface area contributed by atoms with Crippen LogP contribution in [0.15, 0.2) is 18.2 Å². The maximum absolute atomic E-state index is 10.1. The van der Waals surface area contributed by atoms with Crippen LogP contribution in [0.1, 0.15) is 69.0 Å². The van der Waals surface area contributed by atoms with Gasteiger partial charge in [-0.05, 0) is 55.8 Å². The van der Waals surface area contributed by atoms with Crippen LogP contribution in [0.4, 0.5) is 0 Å². The Hall–Kier alpha value is -1.02. The Morgan fingerprint density at radius 2 is 1.90 bits per heavy atom. The summed E-state index contributed by atoms with van der Waals surface area (Å²) in [5.41, 5.74) is 2.60. The Morgan fingerprint density at radius 1 is 1.10 bits per heavy atom. The lowest BCUT2D eigenvalue weighted by Gasteiger charge is -2.42. The molecule has 2 aliphatic rings. The maximum atomic E-state index is 10.1. The molecule has 2 nitrogen and oxygen atoms in total. The van der Waals surface area contributed by atoms with E-state index in [0.717, 1.165) is 19.0 Å². The van der Waals surface area contributed by atoms with Gasteiger partial charge in [0.25, 0.3) is 0 Å². The minimum atomic E-state index is 0.506. The Kier molecular flexibility index (Phi) is 4.30. The topological polar surface area (TPSA) is 23.5 Å². The van der Waals surface area contributed by atoms with Gasteiger partial charge in [-0.2, -0.15) is 0 Å². The fourth-order valence-corrected chi connectivity index (χ4v) is 4.29. The van der Waals surface area contributed by atoms with Gasteiger partial charge >= 0.3 is 0 Å². The van der Waals surface area contributed by atoms with Crippen LogP contribution in [-0.2, 0) is 6.42 Å². The summed E-state index contributed by atoms with van der Waals surface area (Å²) < 4.78 is 0. The number of aromatic hydroxyl groups is 1. The van der Waals surface area contributed by atoms with Gasteiger partial charge in [0.1, 0.15) is 5.75 Å². The Balaban J connectivity index is 1.88. The highest BCUT2D eigenvalue weighted by atomic mass is 16.3. The molecule has 1 saturated carbocycles. The molecule has 20 heavy (non-hydrogen) atoms. The highest BCUT2D eigenvalue weighted by Gasteiger charge is 2.31. The van der Waals surface area contributed by atoms with Gasteiger partial charge in [0.2, 0.25) is 0 Å². The average molecular weight is 273 g/mol. The van der Waals surface area contributed by atoms with Crippen molar-refractivity contribution in [3.05, 3.63) is 29.3 Å². The number of benzene rings is 1. The number of hydrogen-bond donors (Lipinski definition) is 1. The SMILES string of the molecule is CCN(C1CCCCC1)C1CCCc2c(O)cccc21. The summed E-state index contributed by atoms with van der Waals surface area (Å²) in [4.78, 5) is 2.72. The minimum Gasteiger partial charge on any atom is -0.508 e. The zero-order chi connectivity index (χ0) is 13.9. The first-order chi connectivity index (χ1) is 9.81. The van der Waals surface area contributed by atoms with Crippen molar-refractivity contribution in [2.75, 3.05) is 6.54 Å². The Labute approximate surface area is 122 Å². The van der Waals surface area contributed by atoms with Crippen molar-refractivity contribution in [1.82, 2.24) is 4.90 Å². The van der Waals surface area contributed by atoms with E-state index < -0.39 is 0 Å². The van der Waals surface area contributed by atoms with Crippen LogP contribution in [0.25, 0.3) is 0 Å². The lowest BCUT2D eigenvalue weighted by atomic mass is 9.84. The second-order valence-electron chi connectivity index (χ2n) is 6.38. The van der Waals surface area contributed by atoms with E-state index in [1.807, 2.05) is 12.1 Å². The second kappa shape index (κ2) is 6.17. The van der Waals surface area contributed by atoms with Crippen LogP contribution in [0.3, 0.4) is 0 Å². The summed E-state index contributed by atoms with van der Waals surface area (Å²) in [7, 11) is 0. The monoisotopic (exact) mass is 273 g/mol. The van der Waals surface area contributed by atoms with E-state index in [1.54, 1.807) is 0 Å². The van der Waals surface area contributed by atoms with Crippen molar-refractivity contribution in [2.24, 2.45) is 0 Å². The van der Waals surface area contributed by atoms with Gasteiger partial charge < -0.3 is 5.11 Å². The molecule has 1 aromatic rings. The summed E-state index contributed by atoms with van der Waals surface area (Å²) in [6.07, 6.45) is 10.4. The molecule has 0 aliphatic heterocycles. The smallest absolute Gasteiger partial charge is 0.119 e. The van der Waals surface area contributed by atoms with Gasteiger partial charge in [-0.25, -0.2) is 0 Å². The lowest BCUT2D eigenvalue weighted by molar-refractivity contribution is 0.0989. The van der Waals surface area contributed by atoms with Crippen LogP contribution < -0.4 is 0 Å². The molecule has 0 spiro atoms. The third-order valence-electron chi connectivity index (χ3n) is 5.26. The van der Waals surface area contributed by atoms with E-state index >= 15 is 0 Å². The number of nitrogens with zero attached hydrogens (tertiary/aromatic N) is 1. The molecule has 1 N–H and O–H groups in total.